The Morgan fingerprint density at radius 3 is 2.23 bits per heavy atom. The summed E-state index contributed by atoms with van der Waals surface area (Å²) < 4.78 is 118. The fourth-order valence-corrected chi connectivity index (χ4v) is 18.5. The van der Waals surface area contributed by atoms with Gasteiger partial charge in [0.15, 0.2) is 0 Å². The van der Waals surface area contributed by atoms with E-state index in [1.165, 1.54) is 39.9 Å². The normalized spacial score (nSPS) is 18.9. The quantitative estimate of drug-likeness (QED) is 0.0159. The van der Waals surface area contributed by atoms with Crippen LogP contribution in [0.25, 0.3) is 16.0 Å². The van der Waals surface area contributed by atoms with E-state index in [1.54, 1.807) is 39.9 Å². The second-order valence-electron chi connectivity index (χ2n) is 31.0. The number of hydrogen-bond acceptors (Lipinski definition) is 22. The van der Waals surface area contributed by atoms with Crippen LogP contribution >= 0.6 is 34.7 Å². The summed E-state index contributed by atoms with van der Waals surface area (Å²) in [6.07, 6.45) is 4.41. The van der Waals surface area contributed by atoms with Crippen LogP contribution < -0.4 is 30.9 Å². The van der Waals surface area contributed by atoms with Gasteiger partial charge in [-0.3, -0.25) is 38.5 Å². The number of nitrogens with one attached hydrogen (secondary N) is 5. The molecule has 4 aliphatic rings. The molecule has 0 spiro atoms. The van der Waals surface area contributed by atoms with Crippen LogP contribution in [0, 0.1) is 17.8 Å². The molecule has 5 amide bonds. The molecule has 7 aromatic rings. The van der Waals surface area contributed by atoms with Crippen molar-refractivity contribution in [3.05, 3.63) is 172 Å². The molecule has 5 heterocycles. The molecule has 3 saturated heterocycles. The van der Waals surface area contributed by atoms with E-state index in [4.69, 9.17) is 25.8 Å². The first-order valence-electron chi connectivity index (χ1n) is 38.5. The number of β-amino-alcohol motifs (C(OH)–C–C–N with tert-alkyl or cyclic N) is 1. The maximum absolute atomic E-state index is 14.4. The lowest BCUT2D eigenvalue weighted by atomic mass is 9.71. The van der Waals surface area contributed by atoms with Gasteiger partial charge in [0.1, 0.15) is 29.3 Å². The number of thiazole rings is 1. The molecule has 3 aliphatic heterocycles. The van der Waals surface area contributed by atoms with Crippen molar-refractivity contribution < 1.29 is 73.3 Å². The van der Waals surface area contributed by atoms with Gasteiger partial charge < -0.3 is 50.4 Å². The highest BCUT2D eigenvalue weighted by atomic mass is 35.5. The van der Waals surface area contributed by atoms with E-state index < -0.39 is 94.1 Å². The lowest BCUT2D eigenvalue weighted by Crippen LogP contribution is -2.58. The number of sulfonamides is 1. The Bertz CT molecular complexity index is 4760. The highest BCUT2D eigenvalue weighted by molar-refractivity contribution is 7.99. The summed E-state index contributed by atoms with van der Waals surface area (Å²) in [5.74, 6) is -2.25. The Kier molecular flexibility index (Phi) is 29.9. The molecule has 2 aromatic heterocycles. The highest BCUT2D eigenvalue weighted by Gasteiger charge is 2.49. The molecule has 6 N–H and O–H groups in total. The number of sulfone groups is 1. The van der Waals surface area contributed by atoms with E-state index in [0.717, 1.165) is 69.2 Å². The van der Waals surface area contributed by atoms with Gasteiger partial charge in [-0.15, -0.1) is 28.2 Å². The van der Waals surface area contributed by atoms with E-state index in [1.807, 2.05) is 118 Å². The minimum absolute atomic E-state index is 0.0513. The van der Waals surface area contributed by atoms with Gasteiger partial charge in [0.25, 0.3) is 25.8 Å². The van der Waals surface area contributed by atoms with Gasteiger partial charge in [0.05, 0.1) is 78.0 Å². The molecule has 5 aromatic carbocycles. The number of alkyl halides is 3. The minimum atomic E-state index is -6.12. The van der Waals surface area contributed by atoms with Crippen molar-refractivity contribution in [2.75, 3.05) is 114 Å². The van der Waals surface area contributed by atoms with Gasteiger partial charge in [-0.05, 0) is 146 Å². The van der Waals surface area contributed by atoms with Crippen molar-refractivity contribution in [2.24, 2.45) is 10.8 Å². The zero-order chi connectivity index (χ0) is 82.2. The third-order valence-corrected chi connectivity index (χ3v) is 26.3. The molecular formula is C81H101ClF3N13O13S4. The highest BCUT2D eigenvalue weighted by Crippen LogP contribution is 2.44. The van der Waals surface area contributed by atoms with Crippen molar-refractivity contribution in [3.63, 3.8) is 0 Å². The Balaban J connectivity index is 0.603. The average Bonchev–Trinajstić information content (AvgIpc) is 1.78. The number of rotatable bonds is 35. The number of amides is 5. The van der Waals surface area contributed by atoms with Crippen molar-refractivity contribution in [1.82, 2.24) is 55.4 Å². The third-order valence-electron chi connectivity index (χ3n) is 21.1. The second-order valence-corrected chi connectivity index (χ2v) is 37.0. The van der Waals surface area contributed by atoms with Crippen LogP contribution in [0.3, 0.4) is 0 Å². The predicted octanol–water partition coefficient (Wildman–Crippen LogP) is 10.3. The van der Waals surface area contributed by atoms with Crippen molar-refractivity contribution in [1.29, 1.82) is 0 Å². The number of benzene rings is 5. The fraction of sp³-hybridized carbons (Fsp3) is 0.481. The molecule has 620 valence electrons. The number of aryl methyl sites for hydroxylation is 2. The molecule has 3 fully saturated rings. The number of carbonyl (C=O) groups excluding carboxylic acids is 5. The molecule has 0 saturated carbocycles. The SMILES string of the molecule is Cc1ncsc1-c1ccc([C@H](C)NC(=O)[C@@H]2C[C@@H](O)CN2C(=O)[C@@H](NC(=O)COCCOCc2cn(CCCC(=O)NCC3(C)CCC(c4ccc(Cl)cc4)=C(CN4CCN(c5ccc(C(=O)NS(=O)(=O)c6ccc(NC(CCN7CCOCC7)CSc7ccccc7)c(S(=O)(=O)C(F)(F)F)c6)cc5)CC4)C3)nn2)C(C)(C)C)cc1. The first-order chi connectivity index (χ1) is 54.8. The van der Waals surface area contributed by atoms with Crippen LogP contribution in [0.15, 0.2) is 153 Å². The largest absolute Gasteiger partial charge is 0.501 e. The summed E-state index contributed by atoms with van der Waals surface area (Å²) in [6, 6.07) is 30.7. The number of likely N-dealkylation sites (tertiary alicyclic amines) is 1. The molecule has 1 aliphatic carbocycles. The van der Waals surface area contributed by atoms with Gasteiger partial charge in [0.2, 0.25) is 23.6 Å². The molecule has 2 unspecified atom stereocenters. The maximum Gasteiger partial charge on any atom is 0.501 e. The molecule has 115 heavy (non-hydrogen) atoms. The number of hydrogen-bond donors (Lipinski definition) is 6. The van der Waals surface area contributed by atoms with E-state index >= 15 is 0 Å². The van der Waals surface area contributed by atoms with Gasteiger partial charge in [-0.2, -0.15) is 13.2 Å². The summed E-state index contributed by atoms with van der Waals surface area (Å²) in [6.45, 7) is 18.4. The lowest BCUT2D eigenvalue weighted by Gasteiger charge is -2.41. The van der Waals surface area contributed by atoms with E-state index in [9.17, 15) is 59.1 Å². The summed E-state index contributed by atoms with van der Waals surface area (Å²) in [4.78, 5) is 80.5. The maximum atomic E-state index is 14.4. The number of piperazine rings is 1. The Morgan fingerprint density at radius 2 is 1.54 bits per heavy atom. The molecule has 26 nitrogen and oxygen atoms in total. The number of aliphatic hydroxyl groups is 1. The number of halogens is 4. The van der Waals surface area contributed by atoms with Gasteiger partial charge >= 0.3 is 5.51 Å². The monoisotopic (exact) mass is 1680 g/mol. The van der Waals surface area contributed by atoms with E-state index in [2.05, 4.69) is 58.2 Å². The summed E-state index contributed by atoms with van der Waals surface area (Å²) in [5.41, 5.74) is 2.27. The van der Waals surface area contributed by atoms with Gasteiger partial charge in [-0.25, -0.2) is 26.5 Å². The number of carbonyl (C=O) groups is 5. The smallest absolute Gasteiger partial charge is 0.391 e. The number of nitrogens with zero attached hydrogens (tertiary/aromatic N) is 8. The second kappa shape index (κ2) is 39.3. The topological polar surface area (TPSA) is 318 Å². The summed E-state index contributed by atoms with van der Waals surface area (Å²) in [7, 11) is -11.0. The number of anilines is 2. The van der Waals surface area contributed by atoms with E-state index in [0.29, 0.717) is 114 Å². The number of ether oxygens (including phenoxy) is 3. The molecule has 6 atom stereocenters. The minimum Gasteiger partial charge on any atom is -0.391 e. The summed E-state index contributed by atoms with van der Waals surface area (Å²) >= 11 is 9.34. The molecule has 34 heteroatoms. The van der Waals surface area contributed by atoms with Crippen LogP contribution in [-0.2, 0) is 66.4 Å². The fourth-order valence-electron chi connectivity index (χ4n) is 14.5. The van der Waals surface area contributed by atoms with Crippen LogP contribution in [0.2, 0.25) is 5.02 Å². The first-order valence-corrected chi connectivity index (χ1v) is 43.7. The molecule has 0 bridgehead atoms. The Labute approximate surface area is 683 Å². The van der Waals surface area contributed by atoms with Gasteiger partial charge in [-0.1, -0.05) is 105 Å². The average molecular weight is 1690 g/mol. The van der Waals surface area contributed by atoms with Crippen LogP contribution in [0.1, 0.15) is 118 Å². The van der Waals surface area contributed by atoms with Crippen LogP contribution in [-0.4, -0.2) is 220 Å². The number of allylic oxidation sites excluding steroid dienone is 1. The third kappa shape index (κ3) is 24.0. The molecule has 0 radical (unpaired) electrons. The summed E-state index contributed by atoms with van der Waals surface area (Å²) in [5, 5.41) is 31.8. The van der Waals surface area contributed by atoms with Crippen molar-refractivity contribution >= 4 is 101 Å². The predicted molar refractivity (Wildman–Crippen MR) is 435 cm³/mol. The van der Waals surface area contributed by atoms with Crippen molar-refractivity contribution in [3.8, 4) is 10.4 Å². The number of thioether (sulfide) groups is 1. The van der Waals surface area contributed by atoms with Crippen LogP contribution in [0.4, 0.5) is 24.5 Å². The van der Waals surface area contributed by atoms with E-state index in [-0.39, 0.29) is 68.7 Å². The van der Waals surface area contributed by atoms with Crippen molar-refractivity contribution in [2.45, 2.75) is 150 Å². The number of aromatic nitrogens is 4. The Morgan fingerprint density at radius 1 is 0.835 bits per heavy atom. The first kappa shape index (κ1) is 87.5. The molecule has 11 rings (SSSR count). The zero-order valence-corrected chi connectivity index (χ0v) is 69.4. The van der Waals surface area contributed by atoms with Gasteiger partial charge in [0, 0.05) is 118 Å². The molecular weight excluding hydrogens is 1580 g/mol. The standard InChI is InChI=1S/C81H101ClF3N13O13S4/c1-54(56-14-16-58(17-15-56)74-55(2)87-53-113-74)88-77(103)70-43-65(99)48-98(70)78(104)75(79(3,4)5)90-73(101)50-111-42-41-110-49-63-47-97(93-91-63)31-10-13-72(100)86-52-80(6)30-28-68(57-18-22-61(82)23-19-57)60(45-80)46-95-33-35-96(36-34-95)64-24-20-59(21-25-64)76(102)92-115(107,108)67-26-27-69(71(44-67)114(105,106)81(83,84)85)89-62(29-32-94-37-39-109-40-38-94)51-112-66-11-8-7-9-12-66/h7-9,11-12,14-27,44,47,53-54,62,65,70,75,89,99H,10,13,28-43,45-46,48-52H2,1-6H3,(H,86,100)(H,88,103)(H,90,101)(H,92,102)/t54-,62?,65+,70-,75+,80?/m0/s1. The lowest BCUT2D eigenvalue weighted by molar-refractivity contribution is -0.144. The Hall–Kier alpha value is -8.35. The number of aliphatic hydroxyl groups excluding tert-OH is 1. The number of morpholine rings is 1. The zero-order valence-electron chi connectivity index (χ0n) is 65.3. The van der Waals surface area contributed by atoms with Crippen LogP contribution in [0.5, 0.6) is 0 Å².